The van der Waals surface area contributed by atoms with Gasteiger partial charge in [0.05, 0.1) is 10.5 Å². The number of carbonyl (C=O) groups is 1. The number of carbonyl (C=O) groups excluding carboxylic acids is 1. The number of hydrogen-bond acceptors (Lipinski definition) is 7. The number of ether oxygens (including phenoxy) is 1. The third-order valence-electron chi connectivity index (χ3n) is 7.80. The maximum atomic E-state index is 13.8. The van der Waals surface area contributed by atoms with E-state index in [0.717, 1.165) is 67.7 Å². The number of nitrogens with one attached hydrogen (secondary N) is 3. The molecule has 5 rings (SSSR count). The summed E-state index contributed by atoms with van der Waals surface area (Å²) in [7, 11) is 2.30. The molecule has 1 atom stereocenters. The number of nitrogens with zero attached hydrogens (tertiary/aromatic N) is 4. The Balaban J connectivity index is 1.37. The van der Waals surface area contributed by atoms with Crippen molar-refractivity contribution < 1.29 is 22.5 Å². The number of aromatic nitrogens is 2. The highest BCUT2D eigenvalue weighted by molar-refractivity contribution is 7.82. The Bertz CT molecular complexity index is 1440. The SMILES string of the molecule is CCN(CCN(C)C)c1ccc(C(=O)Nc2n[nH]c3c2CN(S(=O)c2cc(F)cc(F)c2)CC3)c(NC2CCOCC2)c1. The molecule has 2 aliphatic heterocycles. The second kappa shape index (κ2) is 13.9. The Labute approximate surface area is 253 Å². The second-order valence-corrected chi connectivity index (χ2v) is 12.6. The molecule has 1 aromatic heterocycles. The Kier molecular flexibility index (Phi) is 10.1. The van der Waals surface area contributed by atoms with Crippen LogP contribution in [0.4, 0.5) is 26.0 Å². The number of benzene rings is 2. The van der Waals surface area contributed by atoms with Gasteiger partial charge < -0.3 is 25.2 Å². The normalized spacial score (nSPS) is 16.6. The summed E-state index contributed by atoms with van der Waals surface area (Å²) >= 11 is 0. The van der Waals surface area contributed by atoms with Crippen molar-refractivity contribution >= 4 is 34.1 Å². The van der Waals surface area contributed by atoms with Gasteiger partial charge in [-0.1, -0.05) is 0 Å². The molecule has 13 heteroatoms. The average Bonchev–Trinajstić information content (AvgIpc) is 3.38. The van der Waals surface area contributed by atoms with E-state index in [0.29, 0.717) is 43.1 Å². The topological polar surface area (TPSA) is 106 Å². The molecule has 0 radical (unpaired) electrons. The van der Waals surface area contributed by atoms with Gasteiger partial charge in [-0.05, 0) is 64.2 Å². The highest BCUT2D eigenvalue weighted by Crippen LogP contribution is 2.30. The fourth-order valence-corrected chi connectivity index (χ4v) is 6.60. The van der Waals surface area contributed by atoms with Crippen molar-refractivity contribution in [2.75, 3.05) is 69.0 Å². The maximum Gasteiger partial charge on any atom is 0.258 e. The van der Waals surface area contributed by atoms with E-state index in [4.69, 9.17) is 4.74 Å². The highest BCUT2D eigenvalue weighted by Gasteiger charge is 2.28. The van der Waals surface area contributed by atoms with Crippen LogP contribution in [-0.4, -0.2) is 89.0 Å². The zero-order chi connectivity index (χ0) is 30.5. The Morgan fingerprint density at radius 1 is 1.14 bits per heavy atom. The summed E-state index contributed by atoms with van der Waals surface area (Å²) < 4.78 is 47.9. The van der Waals surface area contributed by atoms with Gasteiger partial charge >= 0.3 is 0 Å². The molecule has 1 fully saturated rings. The largest absolute Gasteiger partial charge is 0.381 e. The number of aromatic amines is 1. The molecule has 1 saturated heterocycles. The lowest BCUT2D eigenvalue weighted by Crippen LogP contribution is -2.33. The number of H-pyrrole nitrogens is 1. The van der Waals surface area contributed by atoms with Crippen LogP contribution in [0.15, 0.2) is 41.3 Å². The van der Waals surface area contributed by atoms with Crippen LogP contribution in [0.2, 0.25) is 0 Å². The minimum atomic E-state index is -1.79. The molecule has 3 heterocycles. The Hall–Kier alpha value is -3.39. The zero-order valence-corrected chi connectivity index (χ0v) is 25.6. The van der Waals surface area contributed by atoms with Crippen molar-refractivity contribution in [2.24, 2.45) is 0 Å². The van der Waals surface area contributed by atoms with Gasteiger partial charge in [-0.3, -0.25) is 9.89 Å². The van der Waals surface area contributed by atoms with Crippen molar-refractivity contribution in [2.45, 2.75) is 43.7 Å². The van der Waals surface area contributed by atoms with Gasteiger partial charge in [0, 0.05) is 87.1 Å². The van der Waals surface area contributed by atoms with Crippen molar-refractivity contribution in [3.63, 3.8) is 0 Å². The summed E-state index contributed by atoms with van der Waals surface area (Å²) in [4.78, 5) is 18.2. The molecule has 10 nitrogen and oxygen atoms in total. The smallest absolute Gasteiger partial charge is 0.258 e. The van der Waals surface area contributed by atoms with Gasteiger partial charge in [0.2, 0.25) is 0 Å². The molecule has 2 aromatic carbocycles. The number of anilines is 3. The molecular weight excluding hydrogens is 576 g/mol. The van der Waals surface area contributed by atoms with Gasteiger partial charge in [0.15, 0.2) is 5.82 Å². The van der Waals surface area contributed by atoms with E-state index < -0.39 is 22.6 Å². The predicted molar refractivity (Wildman–Crippen MR) is 164 cm³/mol. The fourth-order valence-electron chi connectivity index (χ4n) is 5.37. The second-order valence-electron chi connectivity index (χ2n) is 11.1. The molecule has 0 bridgehead atoms. The van der Waals surface area contributed by atoms with Gasteiger partial charge in [0.25, 0.3) is 5.91 Å². The highest BCUT2D eigenvalue weighted by atomic mass is 32.2. The standard InChI is InChI=1S/C30H39F2N7O3S/c1-4-38(12-11-37(2)3)23-5-6-25(28(18-23)33-22-8-13-42-14-9-22)30(40)34-29-26-19-39(10-7-27(26)35-36-29)43(41)24-16-20(31)15-21(32)17-24/h5-6,15-18,22,33H,4,7-14,19H2,1-3H3,(H2,34,35,36,40). The maximum absolute atomic E-state index is 13.8. The van der Waals surface area contributed by atoms with E-state index >= 15 is 0 Å². The fraction of sp³-hybridized carbons (Fsp3) is 0.467. The lowest BCUT2D eigenvalue weighted by Gasteiger charge is -2.28. The van der Waals surface area contributed by atoms with E-state index in [2.05, 4.69) is 37.6 Å². The first-order valence-electron chi connectivity index (χ1n) is 14.6. The number of likely N-dealkylation sites (N-methyl/N-ethyl adjacent to an activating group) is 2. The number of rotatable bonds is 11. The lowest BCUT2D eigenvalue weighted by atomic mass is 10.1. The van der Waals surface area contributed by atoms with E-state index in [-0.39, 0.29) is 23.4 Å². The third kappa shape index (κ3) is 7.58. The van der Waals surface area contributed by atoms with E-state index in [1.54, 1.807) is 4.31 Å². The van der Waals surface area contributed by atoms with Crippen LogP contribution in [-0.2, 0) is 28.7 Å². The molecule has 0 aliphatic carbocycles. The van der Waals surface area contributed by atoms with Crippen LogP contribution >= 0.6 is 0 Å². The van der Waals surface area contributed by atoms with Crippen LogP contribution in [0.3, 0.4) is 0 Å². The summed E-state index contributed by atoms with van der Waals surface area (Å²) in [5, 5.41) is 13.9. The van der Waals surface area contributed by atoms with Crippen LogP contribution in [0.25, 0.3) is 0 Å². The van der Waals surface area contributed by atoms with Crippen LogP contribution < -0.4 is 15.5 Å². The molecule has 0 saturated carbocycles. The first-order valence-corrected chi connectivity index (χ1v) is 15.7. The van der Waals surface area contributed by atoms with Gasteiger partial charge in [0.1, 0.15) is 22.6 Å². The summed E-state index contributed by atoms with van der Waals surface area (Å²) in [6.07, 6.45) is 2.18. The average molecular weight is 616 g/mol. The summed E-state index contributed by atoms with van der Waals surface area (Å²) in [6, 6.07) is 8.91. The minimum absolute atomic E-state index is 0.0469. The molecular formula is C30H39F2N7O3S. The van der Waals surface area contributed by atoms with Crippen LogP contribution in [0.1, 0.15) is 41.4 Å². The van der Waals surface area contributed by atoms with Crippen molar-refractivity contribution in [3.8, 4) is 0 Å². The minimum Gasteiger partial charge on any atom is -0.381 e. The number of hydrogen-bond donors (Lipinski definition) is 3. The molecule has 1 unspecified atom stereocenters. The summed E-state index contributed by atoms with van der Waals surface area (Å²) in [6.45, 7) is 6.62. The number of fused-ring (bicyclic) bond motifs is 1. The quantitative estimate of drug-likeness (QED) is 0.300. The molecule has 3 aromatic rings. The monoisotopic (exact) mass is 615 g/mol. The molecule has 43 heavy (non-hydrogen) atoms. The first-order chi connectivity index (χ1) is 20.7. The predicted octanol–water partition coefficient (Wildman–Crippen LogP) is 4.00. The lowest BCUT2D eigenvalue weighted by molar-refractivity contribution is 0.0904. The molecule has 2 aliphatic rings. The number of amides is 1. The van der Waals surface area contributed by atoms with Gasteiger partial charge in [-0.25, -0.2) is 17.3 Å². The van der Waals surface area contributed by atoms with E-state index in [9.17, 15) is 17.8 Å². The Morgan fingerprint density at radius 3 is 2.58 bits per heavy atom. The summed E-state index contributed by atoms with van der Waals surface area (Å²) in [5.41, 5.74) is 3.78. The van der Waals surface area contributed by atoms with Crippen LogP contribution in [0.5, 0.6) is 0 Å². The first kappa shape index (κ1) is 31.0. The molecule has 1 amide bonds. The van der Waals surface area contributed by atoms with Crippen molar-refractivity contribution in [1.29, 1.82) is 0 Å². The van der Waals surface area contributed by atoms with Crippen LogP contribution in [0, 0.1) is 11.6 Å². The van der Waals surface area contributed by atoms with Crippen molar-refractivity contribution in [1.82, 2.24) is 19.4 Å². The van der Waals surface area contributed by atoms with E-state index in [1.807, 2.05) is 32.3 Å². The molecule has 3 N–H and O–H groups in total. The van der Waals surface area contributed by atoms with E-state index in [1.165, 1.54) is 0 Å². The van der Waals surface area contributed by atoms with Crippen molar-refractivity contribution in [3.05, 3.63) is 64.9 Å². The molecule has 232 valence electrons. The zero-order valence-electron chi connectivity index (χ0n) is 24.8. The number of halogens is 2. The third-order valence-corrected chi connectivity index (χ3v) is 9.21. The van der Waals surface area contributed by atoms with Gasteiger partial charge in [-0.2, -0.15) is 5.10 Å². The molecule has 0 spiro atoms. The Morgan fingerprint density at radius 2 is 1.88 bits per heavy atom. The van der Waals surface area contributed by atoms with Gasteiger partial charge in [-0.15, -0.1) is 0 Å². The summed E-state index contributed by atoms with van der Waals surface area (Å²) in [5.74, 6) is -1.55.